The molecule has 0 aromatic heterocycles. The quantitative estimate of drug-likeness (QED) is 0.287. The summed E-state index contributed by atoms with van der Waals surface area (Å²) in [5.41, 5.74) is -0.873. The first kappa shape index (κ1) is 21.9. The maximum Gasteiger partial charge on any atom is 0.302 e. The van der Waals surface area contributed by atoms with E-state index in [4.69, 9.17) is 33.0 Å². The van der Waals surface area contributed by atoms with E-state index >= 15 is 0 Å². The zero-order valence-electron chi connectivity index (χ0n) is 13.0. The van der Waals surface area contributed by atoms with Crippen molar-refractivity contribution in [2.24, 2.45) is 0 Å². The van der Waals surface area contributed by atoms with Crippen LogP contribution in [0.2, 0.25) is 0 Å². The summed E-state index contributed by atoms with van der Waals surface area (Å²) in [6, 6.07) is 0. The highest BCUT2D eigenvalue weighted by atomic mass is 35.5. The third-order valence-electron chi connectivity index (χ3n) is 2.47. The fourth-order valence-corrected chi connectivity index (χ4v) is 3.39. The van der Waals surface area contributed by atoms with Crippen LogP contribution in [0.3, 0.4) is 0 Å². The summed E-state index contributed by atoms with van der Waals surface area (Å²) >= 11 is 11.2. The average molecular weight is 380 g/mol. The molecule has 132 valence electrons. The highest BCUT2D eigenvalue weighted by Gasteiger charge is 2.30. The third kappa shape index (κ3) is 11.4. The Morgan fingerprint density at radius 2 is 1.55 bits per heavy atom. The van der Waals surface area contributed by atoms with Crippen molar-refractivity contribution < 1.29 is 27.4 Å². The molecule has 0 heterocycles. The molecule has 22 heavy (non-hydrogen) atoms. The van der Waals surface area contributed by atoms with Crippen molar-refractivity contribution in [2.45, 2.75) is 26.3 Å². The number of esters is 1. The van der Waals surface area contributed by atoms with Gasteiger partial charge in [-0.15, -0.1) is 3.94 Å². The molecule has 0 aromatic rings. The van der Waals surface area contributed by atoms with E-state index in [1.807, 2.05) is 0 Å². The van der Waals surface area contributed by atoms with Gasteiger partial charge in [0.15, 0.2) is 9.84 Å². The van der Waals surface area contributed by atoms with E-state index in [9.17, 15) is 13.2 Å². The summed E-state index contributed by atoms with van der Waals surface area (Å²) in [6.07, 6.45) is 0. The molecule has 0 aliphatic carbocycles. The number of carbonyl (C=O) groups is 1. The van der Waals surface area contributed by atoms with Gasteiger partial charge in [0.1, 0.15) is 6.61 Å². The van der Waals surface area contributed by atoms with Gasteiger partial charge in [0.2, 0.25) is 0 Å². The Balaban J connectivity index is 3.72. The first-order chi connectivity index (χ1) is 10.1. The maximum atomic E-state index is 11.9. The normalized spacial score (nSPS) is 12.6. The molecule has 0 rings (SSSR count). The minimum absolute atomic E-state index is 0.0658. The van der Waals surface area contributed by atoms with E-state index in [1.54, 1.807) is 13.8 Å². The van der Waals surface area contributed by atoms with Crippen molar-refractivity contribution in [3.8, 4) is 0 Å². The predicted molar refractivity (Wildman–Crippen MR) is 84.5 cm³/mol. The topological polar surface area (TPSA) is 82.1 Å². The van der Waals surface area contributed by atoms with Crippen molar-refractivity contribution in [2.75, 3.05) is 44.5 Å². The molecule has 7 nitrogen and oxygen atoms in total. The molecule has 0 radical (unpaired) electrons. The predicted octanol–water partition coefficient (Wildman–Crippen LogP) is 1.39. The van der Waals surface area contributed by atoms with Crippen LogP contribution in [0.1, 0.15) is 20.8 Å². The Hall–Kier alpha value is -0.120. The molecule has 0 bridgehead atoms. The zero-order valence-corrected chi connectivity index (χ0v) is 15.3. The molecular formula is C12H23Cl2NO6S. The highest BCUT2D eigenvalue weighted by molar-refractivity contribution is 7.91. The summed E-state index contributed by atoms with van der Waals surface area (Å²) < 4.78 is 39.6. The van der Waals surface area contributed by atoms with Crippen LogP contribution >= 0.6 is 23.6 Å². The molecule has 0 saturated heterocycles. The van der Waals surface area contributed by atoms with Crippen molar-refractivity contribution in [3.05, 3.63) is 0 Å². The Labute approximate surface area is 141 Å². The molecule has 0 N–H and O–H groups in total. The summed E-state index contributed by atoms with van der Waals surface area (Å²) in [4.78, 5) is 10.5. The Morgan fingerprint density at radius 1 is 1.05 bits per heavy atom. The number of hydrogen-bond donors (Lipinski definition) is 0. The lowest BCUT2D eigenvalue weighted by Crippen LogP contribution is -2.40. The number of sulfone groups is 1. The molecular weight excluding hydrogens is 357 g/mol. The lowest BCUT2D eigenvalue weighted by molar-refractivity contribution is -0.142. The van der Waals surface area contributed by atoms with Crippen molar-refractivity contribution in [1.29, 1.82) is 0 Å². The van der Waals surface area contributed by atoms with Gasteiger partial charge in [0.25, 0.3) is 0 Å². The fraction of sp³-hybridized carbons (Fsp3) is 0.917. The first-order valence-corrected chi connectivity index (χ1v) is 9.18. The van der Waals surface area contributed by atoms with E-state index in [2.05, 4.69) is 4.74 Å². The van der Waals surface area contributed by atoms with Gasteiger partial charge in [-0.25, -0.2) is 8.42 Å². The molecule has 0 aliphatic rings. The van der Waals surface area contributed by atoms with E-state index in [-0.39, 0.29) is 43.9 Å². The van der Waals surface area contributed by atoms with E-state index in [0.717, 1.165) is 3.94 Å². The molecule has 0 atom stereocenters. The van der Waals surface area contributed by atoms with Gasteiger partial charge in [-0.3, -0.25) is 4.79 Å². The number of ether oxygens (including phenoxy) is 3. The van der Waals surface area contributed by atoms with Gasteiger partial charge in [0, 0.05) is 6.92 Å². The molecule has 0 saturated carbocycles. The summed E-state index contributed by atoms with van der Waals surface area (Å²) in [6.45, 7) is 5.66. The Bertz CT molecular complexity index is 427. The van der Waals surface area contributed by atoms with Crippen LogP contribution in [-0.4, -0.2) is 68.4 Å². The van der Waals surface area contributed by atoms with Crippen LogP contribution in [0.5, 0.6) is 0 Å². The second-order valence-electron chi connectivity index (χ2n) is 5.20. The largest absolute Gasteiger partial charge is 0.463 e. The number of hydrogen-bond acceptors (Lipinski definition) is 7. The number of carbonyl (C=O) groups excluding carboxylic acids is 1. The van der Waals surface area contributed by atoms with E-state index < -0.39 is 15.4 Å². The summed E-state index contributed by atoms with van der Waals surface area (Å²) in [5, 5.41) is 0. The first-order valence-electron chi connectivity index (χ1n) is 6.68. The number of halogens is 2. The Morgan fingerprint density at radius 3 is 2.05 bits per heavy atom. The van der Waals surface area contributed by atoms with E-state index in [1.165, 1.54) is 6.92 Å². The SMILES string of the molecule is CC(=O)OCCOCCOCCS(=O)(=O)CC(C)(C)N(Cl)Cl. The van der Waals surface area contributed by atoms with Crippen LogP contribution in [-0.2, 0) is 28.8 Å². The molecule has 0 fully saturated rings. The van der Waals surface area contributed by atoms with Gasteiger partial charge >= 0.3 is 5.97 Å². The minimum atomic E-state index is -3.33. The van der Waals surface area contributed by atoms with Crippen LogP contribution < -0.4 is 0 Å². The molecule has 0 aromatic carbocycles. The second kappa shape index (κ2) is 10.6. The van der Waals surface area contributed by atoms with Crippen LogP contribution in [0.25, 0.3) is 0 Å². The van der Waals surface area contributed by atoms with Gasteiger partial charge < -0.3 is 14.2 Å². The molecule has 0 amide bonds. The molecule has 10 heteroatoms. The average Bonchev–Trinajstić information content (AvgIpc) is 2.34. The smallest absolute Gasteiger partial charge is 0.302 e. The van der Waals surface area contributed by atoms with Crippen LogP contribution in [0.4, 0.5) is 0 Å². The maximum absolute atomic E-state index is 11.9. The number of nitrogens with zero attached hydrogens (tertiary/aromatic N) is 1. The lowest BCUT2D eigenvalue weighted by atomic mass is 10.1. The standard InChI is InChI=1S/C12H23Cl2NO6S/c1-11(16)21-7-6-19-4-5-20-8-9-22(17,18)10-12(2,3)15(13)14/h4-10H2,1-3H3. The van der Waals surface area contributed by atoms with Crippen molar-refractivity contribution >= 4 is 39.4 Å². The van der Waals surface area contributed by atoms with Crippen molar-refractivity contribution in [3.63, 3.8) is 0 Å². The second-order valence-corrected chi connectivity index (χ2v) is 8.24. The van der Waals surface area contributed by atoms with Gasteiger partial charge in [-0.1, -0.05) is 0 Å². The van der Waals surface area contributed by atoms with Gasteiger partial charge in [0.05, 0.1) is 43.5 Å². The summed E-state index contributed by atoms with van der Waals surface area (Å²) in [5.74, 6) is -0.652. The van der Waals surface area contributed by atoms with Crippen molar-refractivity contribution in [1.82, 2.24) is 3.94 Å². The molecule has 0 unspecified atom stereocenters. The van der Waals surface area contributed by atoms with Gasteiger partial charge in [-0.2, -0.15) is 0 Å². The van der Waals surface area contributed by atoms with E-state index in [0.29, 0.717) is 6.61 Å². The summed E-state index contributed by atoms with van der Waals surface area (Å²) in [7, 11) is -3.33. The number of rotatable bonds is 12. The van der Waals surface area contributed by atoms with Crippen LogP contribution in [0.15, 0.2) is 0 Å². The minimum Gasteiger partial charge on any atom is -0.463 e. The monoisotopic (exact) mass is 379 g/mol. The third-order valence-corrected chi connectivity index (χ3v) is 5.32. The Kier molecular flexibility index (Phi) is 10.6. The van der Waals surface area contributed by atoms with Crippen LogP contribution in [0, 0.1) is 0 Å². The fourth-order valence-electron chi connectivity index (χ4n) is 1.41. The zero-order chi connectivity index (χ0) is 17.2. The van der Waals surface area contributed by atoms with Gasteiger partial charge in [-0.05, 0) is 37.4 Å². The molecule has 0 aliphatic heterocycles. The molecule has 0 spiro atoms. The highest BCUT2D eigenvalue weighted by Crippen LogP contribution is 2.21. The lowest BCUT2D eigenvalue weighted by Gasteiger charge is -2.26.